The van der Waals surface area contributed by atoms with Crippen LogP contribution < -0.4 is 10.5 Å². The number of nitrogens with two attached hydrogens (primary N) is 1. The summed E-state index contributed by atoms with van der Waals surface area (Å²) in [5, 5.41) is 9.13. The molecule has 1 atom stereocenters. The van der Waals surface area contributed by atoms with Gasteiger partial charge in [0.1, 0.15) is 10.9 Å². The van der Waals surface area contributed by atoms with Crippen molar-refractivity contribution in [3.8, 4) is 5.75 Å². The van der Waals surface area contributed by atoms with Gasteiger partial charge >= 0.3 is 0 Å². The molecule has 0 amide bonds. The van der Waals surface area contributed by atoms with Crippen LogP contribution in [-0.2, 0) is 0 Å². The number of aromatic nitrogens is 1. The summed E-state index contributed by atoms with van der Waals surface area (Å²) in [6.07, 6.45) is 1.52. The summed E-state index contributed by atoms with van der Waals surface area (Å²) in [5.41, 5.74) is 6.15. The average Bonchev–Trinajstić information content (AvgIpc) is 2.16. The van der Waals surface area contributed by atoms with Crippen LogP contribution in [0.3, 0.4) is 0 Å². The molecule has 0 aliphatic heterocycles. The Morgan fingerprint density at radius 3 is 3.00 bits per heavy atom. The first kappa shape index (κ1) is 10.2. The molecule has 1 aromatic heterocycles. The van der Waals surface area contributed by atoms with Gasteiger partial charge in [-0.05, 0) is 6.07 Å². The molecule has 0 aromatic carbocycles. The van der Waals surface area contributed by atoms with E-state index in [9.17, 15) is 0 Å². The fraction of sp³-hybridized carbons (Fsp3) is 0.375. The van der Waals surface area contributed by atoms with Gasteiger partial charge in [-0.1, -0.05) is 11.6 Å². The van der Waals surface area contributed by atoms with Crippen molar-refractivity contribution in [2.75, 3.05) is 13.7 Å². The van der Waals surface area contributed by atoms with Gasteiger partial charge in [0, 0.05) is 6.20 Å². The molecular weight excluding hydrogens is 192 g/mol. The lowest BCUT2D eigenvalue weighted by Crippen LogP contribution is -2.16. The number of ether oxygens (including phenoxy) is 1. The fourth-order valence-electron chi connectivity index (χ4n) is 1.04. The molecule has 0 saturated heterocycles. The highest BCUT2D eigenvalue weighted by Crippen LogP contribution is 2.28. The van der Waals surface area contributed by atoms with Crippen molar-refractivity contribution >= 4 is 11.6 Å². The van der Waals surface area contributed by atoms with Crippen molar-refractivity contribution in [2.45, 2.75) is 6.04 Å². The maximum absolute atomic E-state index is 8.87. The van der Waals surface area contributed by atoms with Crippen LogP contribution in [0.15, 0.2) is 12.3 Å². The van der Waals surface area contributed by atoms with Crippen LogP contribution in [-0.4, -0.2) is 23.8 Å². The molecule has 1 rings (SSSR count). The van der Waals surface area contributed by atoms with Gasteiger partial charge in [0.25, 0.3) is 0 Å². The third-order valence-electron chi connectivity index (χ3n) is 1.69. The molecule has 0 aliphatic carbocycles. The van der Waals surface area contributed by atoms with Gasteiger partial charge in [-0.2, -0.15) is 0 Å². The third-order valence-corrected chi connectivity index (χ3v) is 1.99. The maximum Gasteiger partial charge on any atom is 0.137 e. The zero-order valence-corrected chi connectivity index (χ0v) is 7.95. The van der Waals surface area contributed by atoms with E-state index in [0.717, 1.165) is 0 Å². The molecule has 72 valence electrons. The van der Waals surface area contributed by atoms with Crippen molar-refractivity contribution in [3.05, 3.63) is 23.0 Å². The Labute approximate surface area is 81.3 Å². The van der Waals surface area contributed by atoms with Gasteiger partial charge in [-0.15, -0.1) is 0 Å². The van der Waals surface area contributed by atoms with Crippen LogP contribution >= 0.6 is 11.6 Å². The Morgan fingerprint density at radius 2 is 2.46 bits per heavy atom. The Morgan fingerprint density at radius 1 is 1.77 bits per heavy atom. The second-order valence-corrected chi connectivity index (χ2v) is 2.86. The fourth-order valence-corrected chi connectivity index (χ4v) is 1.33. The predicted molar refractivity (Wildman–Crippen MR) is 49.8 cm³/mol. The monoisotopic (exact) mass is 202 g/mol. The van der Waals surface area contributed by atoms with E-state index in [1.54, 1.807) is 6.07 Å². The molecule has 1 unspecified atom stereocenters. The molecule has 0 aliphatic rings. The molecule has 0 spiro atoms. The normalized spacial score (nSPS) is 12.6. The number of rotatable bonds is 3. The van der Waals surface area contributed by atoms with Gasteiger partial charge in [0.05, 0.1) is 25.3 Å². The second-order valence-electron chi connectivity index (χ2n) is 2.51. The summed E-state index contributed by atoms with van der Waals surface area (Å²) in [4.78, 5) is 3.85. The summed E-state index contributed by atoms with van der Waals surface area (Å²) < 4.78 is 5.03. The quantitative estimate of drug-likeness (QED) is 0.710. The number of aliphatic hydroxyl groups is 1. The van der Waals surface area contributed by atoms with Gasteiger partial charge in [-0.3, -0.25) is 0 Å². The molecule has 5 heteroatoms. The lowest BCUT2D eigenvalue weighted by atomic mass is 10.1. The number of aliphatic hydroxyl groups excluding tert-OH is 1. The average molecular weight is 203 g/mol. The zero-order chi connectivity index (χ0) is 9.84. The maximum atomic E-state index is 8.87. The molecular formula is C8H11ClN2O2. The largest absolute Gasteiger partial charge is 0.496 e. The molecule has 0 bridgehead atoms. The van der Waals surface area contributed by atoms with Crippen molar-refractivity contribution < 1.29 is 9.84 Å². The molecule has 3 N–H and O–H groups in total. The van der Waals surface area contributed by atoms with Crippen molar-refractivity contribution in [2.24, 2.45) is 5.73 Å². The van der Waals surface area contributed by atoms with Crippen molar-refractivity contribution in [1.29, 1.82) is 0 Å². The first-order chi connectivity index (χ1) is 6.20. The van der Waals surface area contributed by atoms with Gasteiger partial charge in [-0.25, -0.2) is 4.98 Å². The van der Waals surface area contributed by atoms with Crippen LogP contribution in [0.4, 0.5) is 0 Å². The highest BCUT2D eigenvalue weighted by molar-refractivity contribution is 6.30. The highest BCUT2D eigenvalue weighted by atomic mass is 35.5. The third kappa shape index (κ3) is 2.09. The standard InChI is InChI=1S/C8H11ClN2O2/c1-13-6-2-3-11-8(9)7(6)5(10)4-12/h2-3,5,12H,4,10H2,1H3. The Kier molecular flexibility index (Phi) is 3.48. The van der Waals surface area contributed by atoms with E-state index in [-0.39, 0.29) is 11.8 Å². The van der Waals surface area contributed by atoms with E-state index in [2.05, 4.69) is 4.98 Å². The summed E-state index contributed by atoms with van der Waals surface area (Å²) >= 11 is 5.80. The van der Waals surface area contributed by atoms with Gasteiger partial charge in [0.15, 0.2) is 0 Å². The van der Waals surface area contributed by atoms with Gasteiger partial charge in [0.2, 0.25) is 0 Å². The molecule has 13 heavy (non-hydrogen) atoms. The highest BCUT2D eigenvalue weighted by Gasteiger charge is 2.15. The smallest absolute Gasteiger partial charge is 0.137 e. The van der Waals surface area contributed by atoms with Crippen LogP contribution in [0.25, 0.3) is 0 Å². The molecule has 0 radical (unpaired) electrons. The Hall–Kier alpha value is -0.840. The van der Waals surface area contributed by atoms with Crippen molar-refractivity contribution in [3.63, 3.8) is 0 Å². The van der Waals surface area contributed by atoms with E-state index < -0.39 is 6.04 Å². The van der Waals surface area contributed by atoms with Crippen LogP contribution in [0, 0.1) is 0 Å². The topological polar surface area (TPSA) is 68.4 Å². The van der Waals surface area contributed by atoms with Crippen LogP contribution in [0.5, 0.6) is 5.75 Å². The first-order valence-electron chi connectivity index (χ1n) is 3.75. The van der Waals surface area contributed by atoms with Crippen LogP contribution in [0.1, 0.15) is 11.6 Å². The molecule has 0 saturated carbocycles. The number of hydrogen-bond acceptors (Lipinski definition) is 4. The number of pyridine rings is 1. The molecule has 1 aromatic rings. The zero-order valence-electron chi connectivity index (χ0n) is 7.20. The Balaban J connectivity index is 3.14. The molecule has 4 nitrogen and oxygen atoms in total. The molecule has 1 heterocycles. The van der Waals surface area contributed by atoms with E-state index in [1.807, 2.05) is 0 Å². The minimum absolute atomic E-state index is 0.193. The lowest BCUT2D eigenvalue weighted by molar-refractivity contribution is 0.264. The number of hydrogen-bond donors (Lipinski definition) is 2. The Bertz CT molecular complexity index is 293. The number of nitrogens with zero attached hydrogens (tertiary/aromatic N) is 1. The van der Waals surface area contributed by atoms with E-state index in [1.165, 1.54) is 13.3 Å². The predicted octanol–water partition coefficient (Wildman–Crippen LogP) is 0.736. The van der Waals surface area contributed by atoms with Crippen molar-refractivity contribution in [1.82, 2.24) is 4.98 Å². The second kappa shape index (κ2) is 4.41. The first-order valence-corrected chi connectivity index (χ1v) is 4.13. The number of methoxy groups -OCH3 is 1. The summed E-state index contributed by atoms with van der Waals surface area (Å²) in [5.74, 6) is 0.543. The van der Waals surface area contributed by atoms with E-state index in [0.29, 0.717) is 11.3 Å². The van der Waals surface area contributed by atoms with E-state index in [4.69, 9.17) is 27.2 Å². The van der Waals surface area contributed by atoms with Gasteiger partial charge < -0.3 is 15.6 Å². The van der Waals surface area contributed by atoms with Crippen LogP contribution in [0.2, 0.25) is 5.15 Å². The van der Waals surface area contributed by atoms with E-state index >= 15 is 0 Å². The molecule has 0 fully saturated rings. The summed E-state index contributed by atoms with van der Waals surface area (Å²) in [7, 11) is 1.51. The summed E-state index contributed by atoms with van der Waals surface area (Å²) in [6.45, 7) is -0.193. The number of halogens is 1. The SMILES string of the molecule is COc1ccnc(Cl)c1C(N)CO. The minimum atomic E-state index is -0.559. The minimum Gasteiger partial charge on any atom is -0.496 e. The lowest BCUT2D eigenvalue weighted by Gasteiger charge is -2.13. The summed E-state index contributed by atoms with van der Waals surface area (Å²) in [6, 6.07) is 1.09.